The summed E-state index contributed by atoms with van der Waals surface area (Å²) in [5.41, 5.74) is 2.10. The summed E-state index contributed by atoms with van der Waals surface area (Å²) in [5, 5.41) is 6.74. The van der Waals surface area contributed by atoms with Crippen LogP contribution < -0.4 is 15.4 Å². The van der Waals surface area contributed by atoms with Crippen molar-refractivity contribution in [2.75, 3.05) is 25.5 Å². The highest BCUT2D eigenvalue weighted by atomic mass is 16.5. The molecule has 110 valence electrons. The Bertz CT molecular complexity index is 562. The first-order chi connectivity index (χ1) is 10.3. The van der Waals surface area contributed by atoms with Crippen LogP contribution in [-0.4, -0.2) is 36.2 Å². The van der Waals surface area contributed by atoms with E-state index in [1.807, 2.05) is 36.7 Å². The van der Waals surface area contributed by atoms with Crippen LogP contribution in [0.4, 0.5) is 5.95 Å². The maximum atomic E-state index is 5.16. The topological polar surface area (TPSA) is 59.1 Å². The molecule has 0 atom stereocenters. The van der Waals surface area contributed by atoms with Crippen molar-refractivity contribution in [2.24, 2.45) is 0 Å². The predicted molar refractivity (Wildman–Crippen MR) is 83.5 cm³/mol. The van der Waals surface area contributed by atoms with Crippen molar-refractivity contribution in [3.05, 3.63) is 36.7 Å². The highest BCUT2D eigenvalue weighted by Crippen LogP contribution is 2.21. The zero-order valence-corrected chi connectivity index (χ0v) is 12.2. The van der Waals surface area contributed by atoms with E-state index in [0.717, 1.165) is 42.8 Å². The second kappa shape index (κ2) is 6.54. The number of anilines is 1. The molecule has 21 heavy (non-hydrogen) atoms. The lowest BCUT2D eigenvalue weighted by Gasteiger charge is -2.23. The van der Waals surface area contributed by atoms with Gasteiger partial charge in [0.05, 0.1) is 7.11 Å². The number of benzene rings is 1. The van der Waals surface area contributed by atoms with E-state index < -0.39 is 0 Å². The van der Waals surface area contributed by atoms with Crippen molar-refractivity contribution in [3.8, 4) is 16.9 Å². The summed E-state index contributed by atoms with van der Waals surface area (Å²) in [7, 11) is 1.67. The van der Waals surface area contributed by atoms with Crippen LogP contribution in [-0.2, 0) is 0 Å². The number of piperidine rings is 1. The largest absolute Gasteiger partial charge is 0.497 e. The van der Waals surface area contributed by atoms with Crippen LogP contribution in [0.1, 0.15) is 12.8 Å². The van der Waals surface area contributed by atoms with E-state index in [-0.39, 0.29) is 0 Å². The van der Waals surface area contributed by atoms with Crippen molar-refractivity contribution < 1.29 is 4.74 Å². The van der Waals surface area contributed by atoms with Crippen molar-refractivity contribution in [1.29, 1.82) is 0 Å². The molecule has 0 aliphatic carbocycles. The van der Waals surface area contributed by atoms with Crippen molar-refractivity contribution in [1.82, 2.24) is 15.3 Å². The summed E-state index contributed by atoms with van der Waals surface area (Å²) in [5.74, 6) is 1.56. The van der Waals surface area contributed by atoms with Crippen LogP contribution in [0.15, 0.2) is 36.7 Å². The van der Waals surface area contributed by atoms with Gasteiger partial charge in [0.1, 0.15) is 5.75 Å². The third-order valence-electron chi connectivity index (χ3n) is 3.75. The molecule has 0 spiro atoms. The Morgan fingerprint density at radius 1 is 1.05 bits per heavy atom. The standard InChI is InChI=1S/C16H20N4O/c1-21-15-4-2-12(3-5-15)13-10-18-16(19-11-13)20-14-6-8-17-9-7-14/h2-5,10-11,14,17H,6-9H2,1H3,(H,18,19,20). The first kappa shape index (κ1) is 13.8. The number of methoxy groups -OCH3 is 1. The van der Waals surface area contributed by atoms with Gasteiger partial charge in [0.15, 0.2) is 0 Å². The Morgan fingerprint density at radius 3 is 2.33 bits per heavy atom. The Balaban J connectivity index is 1.67. The molecule has 2 aromatic rings. The molecule has 1 aromatic carbocycles. The van der Waals surface area contributed by atoms with E-state index >= 15 is 0 Å². The fourth-order valence-corrected chi connectivity index (χ4v) is 2.48. The van der Waals surface area contributed by atoms with Crippen LogP contribution in [0.5, 0.6) is 5.75 Å². The second-order valence-electron chi connectivity index (χ2n) is 5.19. The van der Waals surface area contributed by atoms with E-state index in [2.05, 4.69) is 20.6 Å². The average molecular weight is 284 g/mol. The smallest absolute Gasteiger partial charge is 0.222 e. The first-order valence-electron chi connectivity index (χ1n) is 7.29. The SMILES string of the molecule is COc1ccc(-c2cnc(NC3CCNCC3)nc2)cc1. The molecule has 2 N–H and O–H groups in total. The summed E-state index contributed by atoms with van der Waals surface area (Å²) < 4.78 is 5.16. The molecule has 1 aliphatic heterocycles. The van der Waals surface area contributed by atoms with Gasteiger partial charge in [-0.25, -0.2) is 9.97 Å². The molecular formula is C16H20N4O. The van der Waals surface area contributed by atoms with E-state index in [9.17, 15) is 0 Å². The van der Waals surface area contributed by atoms with Crippen molar-refractivity contribution in [2.45, 2.75) is 18.9 Å². The van der Waals surface area contributed by atoms with Crippen LogP contribution in [0.3, 0.4) is 0 Å². The zero-order chi connectivity index (χ0) is 14.5. The number of rotatable bonds is 4. The third-order valence-corrected chi connectivity index (χ3v) is 3.75. The molecule has 1 saturated heterocycles. The molecule has 0 unspecified atom stereocenters. The fourth-order valence-electron chi connectivity index (χ4n) is 2.48. The zero-order valence-electron chi connectivity index (χ0n) is 12.2. The Labute approximate surface area is 124 Å². The Kier molecular flexibility index (Phi) is 4.31. The quantitative estimate of drug-likeness (QED) is 0.902. The molecule has 1 fully saturated rings. The first-order valence-corrected chi connectivity index (χ1v) is 7.29. The molecule has 0 bridgehead atoms. The minimum atomic E-state index is 0.470. The van der Waals surface area contributed by atoms with E-state index in [1.54, 1.807) is 7.11 Å². The minimum absolute atomic E-state index is 0.470. The molecule has 2 heterocycles. The number of nitrogens with one attached hydrogen (secondary N) is 2. The second-order valence-corrected chi connectivity index (χ2v) is 5.19. The molecular weight excluding hydrogens is 264 g/mol. The average Bonchev–Trinajstić information content (AvgIpc) is 2.57. The van der Waals surface area contributed by atoms with Gasteiger partial charge >= 0.3 is 0 Å². The summed E-state index contributed by atoms with van der Waals surface area (Å²) >= 11 is 0. The highest BCUT2D eigenvalue weighted by molar-refractivity contribution is 5.62. The number of nitrogens with zero attached hydrogens (tertiary/aromatic N) is 2. The summed E-state index contributed by atoms with van der Waals surface area (Å²) in [6, 6.07) is 8.38. The van der Waals surface area contributed by atoms with Gasteiger partial charge in [0.25, 0.3) is 0 Å². The molecule has 1 aromatic heterocycles. The van der Waals surface area contributed by atoms with Gasteiger partial charge in [-0.05, 0) is 43.6 Å². The Hall–Kier alpha value is -2.14. The van der Waals surface area contributed by atoms with Crippen LogP contribution in [0.25, 0.3) is 11.1 Å². The van der Waals surface area contributed by atoms with Crippen LogP contribution in [0.2, 0.25) is 0 Å². The molecule has 5 nitrogen and oxygen atoms in total. The van der Waals surface area contributed by atoms with Gasteiger partial charge in [-0.15, -0.1) is 0 Å². The highest BCUT2D eigenvalue weighted by Gasteiger charge is 2.13. The van der Waals surface area contributed by atoms with Gasteiger partial charge < -0.3 is 15.4 Å². The number of ether oxygens (including phenoxy) is 1. The normalized spacial score (nSPS) is 15.7. The molecule has 1 aliphatic rings. The number of aromatic nitrogens is 2. The van der Waals surface area contributed by atoms with Crippen LogP contribution in [0, 0.1) is 0 Å². The van der Waals surface area contributed by atoms with Crippen molar-refractivity contribution in [3.63, 3.8) is 0 Å². The molecule has 0 saturated carbocycles. The van der Waals surface area contributed by atoms with E-state index in [0.29, 0.717) is 12.0 Å². The predicted octanol–water partition coefficient (Wildman–Crippen LogP) is 2.32. The fraction of sp³-hybridized carbons (Fsp3) is 0.375. The van der Waals surface area contributed by atoms with Gasteiger partial charge in [-0.3, -0.25) is 0 Å². The monoisotopic (exact) mass is 284 g/mol. The number of hydrogen-bond donors (Lipinski definition) is 2. The third kappa shape index (κ3) is 3.49. The molecule has 5 heteroatoms. The van der Waals surface area contributed by atoms with Gasteiger partial charge in [0, 0.05) is 24.0 Å². The summed E-state index contributed by atoms with van der Waals surface area (Å²) in [4.78, 5) is 8.84. The maximum Gasteiger partial charge on any atom is 0.222 e. The molecule has 3 rings (SSSR count). The van der Waals surface area contributed by atoms with Gasteiger partial charge in [0.2, 0.25) is 5.95 Å². The number of hydrogen-bond acceptors (Lipinski definition) is 5. The maximum absolute atomic E-state index is 5.16. The van der Waals surface area contributed by atoms with E-state index in [1.165, 1.54) is 0 Å². The summed E-state index contributed by atoms with van der Waals surface area (Å²) in [6.45, 7) is 2.11. The van der Waals surface area contributed by atoms with Gasteiger partial charge in [-0.1, -0.05) is 12.1 Å². The van der Waals surface area contributed by atoms with Crippen molar-refractivity contribution >= 4 is 5.95 Å². The lowest BCUT2D eigenvalue weighted by atomic mass is 10.1. The summed E-state index contributed by atoms with van der Waals surface area (Å²) in [6.07, 6.45) is 5.95. The Morgan fingerprint density at radius 2 is 1.71 bits per heavy atom. The van der Waals surface area contributed by atoms with Gasteiger partial charge in [-0.2, -0.15) is 0 Å². The lowest BCUT2D eigenvalue weighted by molar-refractivity contribution is 0.415. The minimum Gasteiger partial charge on any atom is -0.497 e. The molecule has 0 radical (unpaired) electrons. The van der Waals surface area contributed by atoms with Crippen LogP contribution >= 0.6 is 0 Å². The van der Waals surface area contributed by atoms with E-state index in [4.69, 9.17) is 4.74 Å². The molecule has 0 amide bonds. The lowest BCUT2D eigenvalue weighted by Crippen LogP contribution is -2.35.